The quantitative estimate of drug-likeness (QED) is 0.743. The van der Waals surface area contributed by atoms with E-state index in [0.29, 0.717) is 6.42 Å². The lowest BCUT2D eigenvalue weighted by atomic mass is 9.96. The Morgan fingerprint density at radius 3 is 2.72 bits per heavy atom. The van der Waals surface area contributed by atoms with Crippen molar-refractivity contribution in [2.75, 3.05) is 26.2 Å². The van der Waals surface area contributed by atoms with E-state index in [9.17, 15) is 13.2 Å². The van der Waals surface area contributed by atoms with Gasteiger partial charge in [0.1, 0.15) is 0 Å². The van der Waals surface area contributed by atoms with Crippen LogP contribution in [-0.4, -0.2) is 43.3 Å². The van der Waals surface area contributed by atoms with Gasteiger partial charge in [-0.3, -0.25) is 4.90 Å². The topological polar surface area (TPSA) is 15.3 Å². The molecule has 2 nitrogen and oxygen atoms in total. The van der Waals surface area contributed by atoms with E-state index in [0.717, 1.165) is 32.5 Å². The smallest absolute Gasteiger partial charge is 0.315 e. The van der Waals surface area contributed by atoms with Gasteiger partial charge >= 0.3 is 6.18 Å². The Hall–Kier alpha value is -0.290. The molecule has 0 aromatic rings. The summed E-state index contributed by atoms with van der Waals surface area (Å²) in [6.45, 7) is 6.84. The van der Waals surface area contributed by atoms with Gasteiger partial charge in [0.15, 0.2) is 0 Å². The highest BCUT2D eigenvalue weighted by molar-refractivity contribution is 4.81. The highest BCUT2D eigenvalue weighted by Gasteiger charge is 2.42. The lowest BCUT2D eigenvalue weighted by Crippen LogP contribution is -2.48. The average Bonchev–Trinajstić information content (AvgIpc) is 2.33. The summed E-state index contributed by atoms with van der Waals surface area (Å²) < 4.78 is 38.1. The highest BCUT2D eigenvalue weighted by atomic mass is 19.4. The maximum Gasteiger partial charge on any atom is 0.393 e. The predicted octanol–water partition coefficient (Wildman–Crippen LogP) is 3.04. The van der Waals surface area contributed by atoms with Crippen LogP contribution in [0.5, 0.6) is 0 Å². The van der Waals surface area contributed by atoms with Crippen LogP contribution in [0.25, 0.3) is 0 Å². The predicted molar refractivity (Wildman–Crippen MR) is 67.6 cm³/mol. The van der Waals surface area contributed by atoms with E-state index in [1.54, 1.807) is 0 Å². The van der Waals surface area contributed by atoms with Crippen LogP contribution >= 0.6 is 0 Å². The average molecular weight is 266 g/mol. The number of hydrogen-bond donors (Lipinski definition) is 1. The van der Waals surface area contributed by atoms with Crippen molar-refractivity contribution >= 4 is 0 Å². The van der Waals surface area contributed by atoms with Crippen LogP contribution in [0.4, 0.5) is 13.2 Å². The molecule has 0 aliphatic carbocycles. The zero-order chi connectivity index (χ0) is 13.6. The van der Waals surface area contributed by atoms with Gasteiger partial charge in [0.2, 0.25) is 0 Å². The molecule has 108 valence electrons. The zero-order valence-electron chi connectivity index (χ0n) is 11.4. The molecule has 1 N–H and O–H groups in total. The third kappa shape index (κ3) is 5.14. The molecule has 1 fully saturated rings. The fraction of sp³-hybridized carbons (Fsp3) is 1.00. The van der Waals surface area contributed by atoms with Crippen LogP contribution in [0.1, 0.15) is 39.5 Å². The molecule has 18 heavy (non-hydrogen) atoms. The van der Waals surface area contributed by atoms with Gasteiger partial charge in [0.25, 0.3) is 0 Å². The molecule has 0 radical (unpaired) electrons. The Morgan fingerprint density at radius 2 is 2.11 bits per heavy atom. The first-order valence-electron chi connectivity index (χ1n) is 6.96. The van der Waals surface area contributed by atoms with Crippen molar-refractivity contribution in [3.05, 3.63) is 0 Å². The Morgan fingerprint density at radius 1 is 1.39 bits per heavy atom. The molecular weight excluding hydrogens is 241 g/mol. The van der Waals surface area contributed by atoms with Gasteiger partial charge < -0.3 is 5.32 Å². The summed E-state index contributed by atoms with van der Waals surface area (Å²) in [4.78, 5) is 1.97. The summed E-state index contributed by atoms with van der Waals surface area (Å²) in [6, 6.07) is 0.187. The van der Waals surface area contributed by atoms with E-state index in [2.05, 4.69) is 12.2 Å². The number of halogens is 3. The molecule has 0 aromatic heterocycles. The molecule has 5 heteroatoms. The van der Waals surface area contributed by atoms with Gasteiger partial charge in [-0.05, 0) is 39.3 Å². The normalized spacial score (nSPS) is 24.2. The molecule has 1 saturated heterocycles. The third-order valence-electron chi connectivity index (χ3n) is 3.69. The van der Waals surface area contributed by atoms with Crippen molar-refractivity contribution in [3.8, 4) is 0 Å². The van der Waals surface area contributed by atoms with Gasteiger partial charge in [-0.1, -0.05) is 13.3 Å². The second kappa shape index (κ2) is 7.34. The van der Waals surface area contributed by atoms with Gasteiger partial charge in [-0.2, -0.15) is 13.2 Å². The molecule has 1 aliphatic heterocycles. The van der Waals surface area contributed by atoms with E-state index in [1.807, 2.05) is 11.8 Å². The Bertz CT molecular complexity index is 231. The maximum atomic E-state index is 12.7. The second-order valence-electron chi connectivity index (χ2n) is 5.28. The Labute approximate surface area is 108 Å². The zero-order valence-corrected chi connectivity index (χ0v) is 11.4. The van der Waals surface area contributed by atoms with E-state index in [4.69, 9.17) is 0 Å². The van der Waals surface area contributed by atoms with Crippen molar-refractivity contribution in [2.24, 2.45) is 5.92 Å². The van der Waals surface area contributed by atoms with Crippen LogP contribution in [0.2, 0.25) is 0 Å². The highest BCUT2D eigenvalue weighted by Crippen LogP contribution is 2.33. The summed E-state index contributed by atoms with van der Waals surface area (Å²) in [6.07, 6.45) is -0.827. The Kier molecular flexibility index (Phi) is 6.43. The number of hydrogen-bond acceptors (Lipinski definition) is 2. The molecule has 2 unspecified atom stereocenters. The number of nitrogens with zero attached hydrogens (tertiary/aromatic N) is 1. The monoisotopic (exact) mass is 266 g/mol. The van der Waals surface area contributed by atoms with E-state index < -0.39 is 12.1 Å². The minimum absolute atomic E-state index is 0.167. The first-order valence-corrected chi connectivity index (χ1v) is 6.96. The van der Waals surface area contributed by atoms with Crippen molar-refractivity contribution in [1.29, 1.82) is 0 Å². The molecule has 1 heterocycles. The molecule has 1 aliphatic rings. The van der Waals surface area contributed by atoms with Crippen LogP contribution in [-0.2, 0) is 0 Å². The van der Waals surface area contributed by atoms with Gasteiger partial charge in [-0.25, -0.2) is 0 Å². The summed E-state index contributed by atoms with van der Waals surface area (Å²) >= 11 is 0. The van der Waals surface area contributed by atoms with Gasteiger partial charge in [0.05, 0.1) is 5.92 Å². The minimum Gasteiger partial charge on any atom is -0.315 e. The number of piperidine rings is 1. The van der Waals surface area contributed by atoms with Crippen LogP contribution < -0.4 is 5.32 Å². The molecule has 1 rings (SSSR count). The molecule has 2 atom stereocenters. The standard InChI is InChI=1S/C13H25F3N2/c1-3-4-7-17-9-11(2)18-8-5-6-12(10-18)13(14,15)16/h11-12,17H,3-10H2,1-2H3. The maximum absolute atomic E-state index is 12.7. The fourth-order valence-electron chi connectivity index (χ4n) is 2.42. The number of unbranched alkanes of at least 4 members (excludes halogenated alkanes) is 1. The first-order chi connectivity index (χ1) is 8.45. The van der Waals surface area contributed by atoms with Crippen LogP contribution in [0.3, 0.4) is 0 Å². The first kappa shape index (κ1) is 15.8. The van der Waals surface area contributed by atoms with E-state index >= 15 is 0 Å². The fourth-order valence-corrected chi connectivity index (χ4v) is 2.42. The number of nitrogens with one attached hydrogen (secondary N) is 1. The van der Waals surface area contributed by atoms with E-state index in [-0.39, 0.29) is 19.0 Å². The molecular formula is C13H25F3N2. The lowest BCUT2D eigenvalue weighted by molar-refractivity contribution is -0.188. The SMILES string of the molecule is CCCCNCC(C)N1CCCC(C(F)(F)F)C1. The summed E-state index contributed by atoms with van der Waals surface area (Å²) in [7, 11) is 0. The lowest BCUT2D eigenvalue weighted by Gasteiger charge is -2.37. The number of rotatable bonds is 6. The van der Waals surface area contributed by atoms with Crippen molar-refractivity contribution < 1.29 is 13.2 Å². The number of alkyl halides is 3. The third-order valence-corrected chi connectivity index (χ3v) is 3.69. The molecule has 0 amide bonds. The van der Waals surface area contributed by atoms with E-state index in [1.165, 1.54) is 0 Å². The summed E-state index contributed by atoms with van der Waals surface area (Å²) in [5.74, 6) is -1.13. The largest absolute Gasteiger partial charge is 0.393 e. The van der Waals surface area contributed by atoms with Crippen molar-refractivity contribution in [2.45, 2.75) is 51.7 Å². The van der Waals surface area contributed by atoms with Crippen molar-refractivity contribution in [3.63, 3.8) is 0 Å². The molecule has 0 saturated carbocycles. The van der Waals surface area contributed by atoms with Gasteiger partial charge in [-0.15, -0.1) is 0 Å². The summed E-state index contributed by atoms with van der Waals surface area (Å²) in [5, 5.41) is 3.31. The Balaban J connectivity index is 2.32. The van der Waals surface area contributed by atoms with Crippen molar-refractivity contribution in [1.82, 2.24) is 10.2 Å². The summed E-state index contributed by atoms with van der Waals surface area (Å²) in [5.41, 5.74) is 0. The van der Waals surface area contributed by atoms with Gasteiger partial charge in [0, 0.05) is 19.1 Å². The second-order valence-corrected chi connectivity index (χ2v) is 5.28. The minimum atomic E-state index is -4.03. The van der Waals surface area contributed by atoms with Crippen LogP contribution in [0, 0.1) is 5.92 Å². The molecule has 0 bridgehead atoms. The number of likely N-dealkylation sites (tertiary alicyclic amines) is 1. The van der Waals surface area contributed by atoms with Crippen LogP contribution in [0.15, 0.2) is 0 Å². The molecule has 0 aromatic carbocycles. The molecule has 0 spiro atoms.